The number of aliphatic hydroxyl groups is 1. The Kier molecular flexibility index (Phi) is 75.0. The summed E-state index contributed by atoms with van der Waals surface area (Å²) >= 11 is 0. The van der Waals surface area contributed by atoms with Crippen LogP contribution in [-0.2, 0) is 65.4 Å². The van der Waals surface area contributed by atoms with Crippen molar-refractivity contribution in [2.24, 2.45) is 11.8 Å². The number of phosphoric acid groups is 2. The minimum Gasteiger partial charge on any atom is -0.462 e. The van der Waals surface area contributed by atoms with Gasteiger partial charge in [-0.2, -0.15) is 0 Å². The molecule has 0 amide bonds. The first-order valence-corrected chi connectivity index (χ1v) is 47.0. The second-order valence-electron chi connectivity index (χ2n) is 31.3. The zero-order chi connectivity index (χ0) is 76.4. The van der Waals surface area contributed by atoms with Gasteiger partial charge in [0.25, 0.3) is 0 Å². The summed E-state index contributed by atoms with van der Waals surface area (Å²) in [5.41, 5.74) is 0. The van der Waals surface area contributed by atoms with Gasteiger partial charge in [-0.25, -0.2) is 9.13 Å². The number of esters is 4. The maximum absolute atomic E-state index is 13.1. The monoisotopic (exact) mass is 1520 g/mol. The van der Waals surface area contributed by atoms with E-state index < -0.39 is 97.5 Å². The topological polar surface area (TPSA) is 237 Å². The fourth-order valence-corrected chi connectivity index (χ4v) is 14.8. The molecule has 0 aromatic carbocycles. The van der Waals surface area contributed by atoms with E-state index in [0.29, 0.717) is 25.7 Å². The van der Waals surface area contributed by atoms with E-state index in [-0.39, 0.29) is 25.7 Å². The molecule has 17 nitrogen and oxygen atoms in total. The minimum atomic E-state index is -4.97. The summed E-state index contributed by atoms with van der Waals surface area (Å²) in [5, 5.41) is 10.7. The third-order valence-electron chi connectivity index (χ3n) is 20.3. The van der Waals surface area contributed by atoms with Crippen LogP contribution in [0.15, 0.2) is 0 Å². The molecular weight excluding hydrogens is 1350 g/mol. The van der Waals surface area contributed by atoms with Crippen LogP contribution in [0.4, 0.5) is 0 Å². The van der Waals surface area contributed by atoms with Crippen LogP contribution >= 0.6 is 15.6 Å². The fraction of sp³-hybridized carbons (Fsp3) is 0.953. The Balaban J connectivity index is 5.22. The highest BCUT2D eigenvalue weighted by Gasteiger charge is 2.30. The molecule has 0 aromatic rings. The van der Waals surface area contributed by atoms with Crippen LogP contribution in [0.5, 0.6) is 0 Å². The van der Waals surface area contributed by atoms with Crippen molar-refractivity contribution >= 4 is 39.5 Å². The van der Waals surface area contributed by atoms with Crippen molar-refractivity contribution in [1.82, 2.24) is 0 Å². The van der Waals surface area contributed by atoms with Gasteiger partial charge in [0.05, 0.1) is 26.4 Å². The SMILES string of the molecule is CCCCCCCCCCCCCCCCCCCCCCCCC(=O)O[C@H](COC(=O)CCCCCCCCCCCCCCCCCC(C)C)COP(=O)(O)OC[C@@H](O)COP(=O)(O)OC[C@@H](COC(=O)CCCCCCCCCCCCCC)OC(=O)CCCCCCCCCCC(C)CC. The first-order valence-electron chi connectivity index (χ1n) is 44.0. The van der Waals surface area contributed by atoms with Gasteiger partial charge in [0.15, 0.2) is 12.2 Å². The summed E-state index contributed by atoms with van der Waals surface area (Å²) in [7, 11) is -9.93. The zero-order valence-electron chi connectivity index (χ0n) is 68.3. The highest BCUT2D eigenvalue weighted by atomic mass is 31.2. The Morgan fingerprint density at radius 2 is 0.490 bits per heavy atom. The van der Waals surface area contributed by atoms with Crippen molar-refractivity contribution in [3.05, 3.63) is 0 Å². The summed E-state index contributed by atoms with van der Waals surface area (Å²) in [6.45, 7) is 9.68. The lowest BCUT2D eigenvalue weighted by Gasteiger charge is -2.21. The lowest BCUT2D eigenvalue weighted by atomic mass is 9.99. The number of unbranched alkanes of at least 4 members (excludes halogenated alkanes) is 53. The van der Waals surface area contributed by atoms with E-state index in [2.05, 4.69) is 41.5 Å². The van der Waals surface area contributed by atoms with E-state index in [4.69, 9.17) is 37.0 Å². The van der Waals surface area contributed by atoms with Crippen molar-refractivity contribution in [3.8, 4) is 0 Å². The fourth-order valence-electron chi connectivity index (χ4n) is 13.2. The third kappa shape index (κ3) is 76.8. The smallest absolute Gasteiger partial charge is 0.462 e. The zero-order valence-corrected chi connectivity index (χ0v) is 70.1. The Morgan fingerprint density at radius 3 is 0.731 bits per heavy atom. The maximum Gasteiger partial charge on any atom is 0.472 e. The van der Waals surface area contributed by atoms with Crippen molar-refractivity contribution in [2.45, 2.75) is 471 Å². The van der Waals surface area contributed by atoms with Gasteiger partial charge in [0.2, 0.25) is 0 Å². The number of hydrogen-bond donors (Lipinski definition) is 3. The number of hydrogen-bond acceptors (Lipinski definition) is 15. The van der Waals surface area contributed by atoms with E-state index in [1.165, 1.54) is 270 Å². The van der Waals surface area contributed by atoms with Crippen molar-refractivity contribution < 1.29 is 80.2 Å². The first-order chi connectivity index (χ1) is 50.4. The van der Waals surface area contributed by atoms with Gasteiger partial charge < -0.3 is 33.8 Å². The summed E-state index contributed by atoms with van der Waals surface area (Å²) in [4.78, 5) is 73.2. The Bertz CT molecular complexity index is 2000. The van der Waals surface area contributed by atoms with Gasteiger partial charge in [-0.1, -0.05) is 401 Å². The van der Waals surface area contributed by atoms with Gasteiger partial charge in [0, 0.05) is 25.7 Å². The molecule has 0 radical (unpaired) electrons. The average molecular weight is 1520 g/mol. The molecule has 6 atom stereocenters. The molecule has 0 heterocycles. The Labute approximate surface area is 638 Å². The predicted octanol–water partition coefficient (Wildman–Crippen LogP) is 25.8. The van der Waals surface area contributed by atoms with E-state index >= 15 is 0 Å². The van der Waals surface area contributed by atoms with E-state index in [9.17, 15) is 43.2 Å². The van der Waals surface area contributed by atoms with Gasteiger partial charge in [-0.05, 0) is 37.5 Å². The molecule has 0 aromatic heterocycles. The average Bonchev–Trinajstić information content (AvgIpc) is 0.946. The summed E-state index contributed by atoms with van der Waals surface area (Å²) < 4.78 is 68.8. The van der Waals surface area contributed by atoms with Crippen molar-refractivity contribution in [1.29, 1.82) is 0 Å². The van der Waals surface area contributed by atoms with E-state index in [0.717, 1.165) is 102 Å². The van der Waals surface area contributed by atoms with Crippen molar-refractivity contribution in [3.63, 3.8) is 0 Å². The highest BCUT2D eigenvalue weighted by Crippen LogP contribution is 2.45. The standard InChI is InChI=1S/C85H166O17P2/c1-7-10-12-14-16-18-20-22-23-24-25-26-27-28-29-32-36-40-44-51-57-63-69-84(89)101-80(73-95-83(88)68-62-56-50-43-39-35-33-30-31-34-37-41-47-53-59-65-77(4)5)75-99-103(91,92)97-71-79(86)72-98-104(93,94)100-76-81(102-85(90)70-64-58-52-46-45-48-54-60-66-78(6)9-3)74-96-82(87)67-61-55-49-42-38-21-19-17-15-13-11-8-2/h77-81,86H,7-76H2,1-6H3,(H,91,92)(H,93,94)/t78?,79-,80-,81-/m1/s1. The molecule has 3 N–H and O–H groups in total. The number of ether oxygens (including phenoxy) is 4. The highest BCUT2D eigenvalue weighted by molar-refractivity contribution is 7.47. The summed E-state index contributed by atoms with van der Waals surface area (Å²) in [6.07, 6.45) is 68.1. The number of aliphatic hydroxyl groups excluding tert-OH is 1. The van der Waals surface area contributed by atoms with Gasteiger partial charge in [-0.15, -0.1) is 0 Å². The second kappa shape index (κ2) is 76.4. The Hall–Kier alpha value is -1.94. The van der Waals surface area contributed by atoms with Crippen LogP contribution in [0.3, 0.4) is 0 Å². The van der Waals surface area contributed by atoms with Crippen LogP contribution in [0.1, 0.15) is 452 Å². The maximum atomic E-state index is 13.1. The van der Waals surface area contributed by atoms with E-state index in [1.54, 1.807) is 0 Å². The molecule has 0 spiro atoms. The first kappa shape index (κ1) is 102. The minimum absolute atomic E-state index is 0.106. The summed E-state index contributed by atoms with van der Waals surface area (Å²) in [5.74, 6) is -0.529. The molecule has 104 heavy (non-hydrogen) atoms. The summed E-state index contributed by atoms with van der Waals surface area (Å²) in [6, 6.07) is 0. The van der Waals surface area contributed by atoms with Crippen LogP contribution in [-0.4, -0.2) is 96.7 Å². The second-order valence-corrected chi connectivity index (χ2v) is 34.2. The number of carbonyl (C=O) groups is 4. The van der Waals surface area contributed by atoms with Crippen molar-refractivity contribution in [2.75, 3.05) is 39.6 Å². The third-order valence-corrected chi connectivity index (χ3v) is 22.2. The molecule has 0 rings (SSSR count). The predicted molar refractivity (Wildman–Crippen MR) is 428 cm³/mol. The number of carbonyl (C=O) groups excluding carboxylic acids is 4. The molecule has 0 fully saturated rings. The molecular formula is C85H166O17P2. The molecule has 0 saturated carbocycles. The molecule has 0 aliphatic heterocycles. The Morgan fingerprint density at radius 1 is 0.279 bits per heavy atom. The normalized spacial score (nSPS) is 14.1. The molecule has 0 aliphatic carbocycles. The quantitative estimate of drug-likeness (QED) is 0.0222. The van der Waals surface area contributed by atoms with E-state index in [1.807, 2.05) is 0 Å². The molecule has 0 bridgehead atoms. The van der Waals surface area contributed by atoms with Crippen LogP contribution in [0, 0.1) is 11.8 Å². The van der Waals surface area contributed by atoms with Gasteiger partial charge in [-0.3, -0.25) is 37.3 Å². The largest absolute Gasteiger partial charge is 0.472 e. The lowest BCUT2D eigenvalue weighted by Crippen LogP contribution is -2.30. The molecule has 19 heteroatoms. The number of phosphoric ester groups is 2. The molecule has 3 unspecified atom stereocenters. The molecule has 0 saturated heterocycles. The van der Waals surface area contributed by atoms with Crippen LogP contribution in [0.2, 0.25) is 0 Å². The van der Waals surface area contributed by atoms with Crippen LogP contribution < -0.4 is 0 Å². The molecule has 618 valence electrons. The van der Waals surface area contributed by atoms with Crippen LogP contribution in [0.25, 0.3) is 0 Å². The number of rotatable bonds is 84. The van der Waals surface area contributed by atoms with Gasteiger partial charge in [0.1, 0.15) is 19.3 Å². The lowest BCUT2D eigenvalue weighted by molar-refractivity contribution is -0.161. The van der Waals surface area contributed by atoms with Gasteiger partial charge >= 0.3 is 39.5 Å². The molecule has 0 aliphatic rings.